The summed E-state index contributed by atoms with van der Waals surface area (Å²) in [5.74, 6) is 1.21. The third kappa shape index (κ3) is 7.67. The SMILES string of the molecule is CNCCCC(=O)NC1CCN(CC2CC2)CC1.Cl.Cl. The van der Waals surface area contributed by atoms with Gasteiger partial charge in [-0.05, 0) is 51.6 Å². The number of likely N-dealkylation sites (tertiary alicyclic amines) is 1. The second-order valence-corrected chi connectivity index (χ2v) is 5.79. The lowest BCUT2D eigenvalue weighted by Gasteiger charge is -2.32. The minimum atomic E-state index is 0. The van der Waals surface area contributed by atoms with Crippen LogP contribution >= 0.6 is 24.8 Å². The van der Waals surface area contributed by atoms with Gasteiger partial charge in [-0.3, -0.25) is 4.79 Å². The van der Waals surface area contributed by atoms with Gasteiger partial charge >= 0.3 is 0 Å². The van der Waals surface area contributed by atoms with E-state index in [2.05, 4.69) is 15.5 Å². The lowest BCUT2D eigenvalue weighted by atomic mass is 10.0. The highest BCUT2D eigenvalue weighted by molar-refractivity contribution is 5.85. The zero-order valence-corrected chi connectivity index (χ0v) is 14.0. The molecule has 1 amide bonds. The molecule has 1 heterocycles. The summed E-state index contributed by atoms with van der Waals surface area (Å²) in [7, 11) is 1.92. The summed E-state index contributed by atoms with van der Waals surface area (Å²) in [5.41, 5.74) is 0. The molecule has 2 N–H and O–H groups in total. The molecule has 120 valence electrons. The van der Waals surface area contributed by atoms with E-state index >= 15 is 0 Å². The van der Waals surface area contributed by atoms with Gasteiger partial charge < -0.3 is 15.5 Å². The summed E-state index contributed by atoms with van der Waals surface area (Å²) in [5, 5.41) is 6.24. The van der Waals surface area contributed by atoms with Gasteiger partial charge in [-0.25, -0.2) is 0 Å². The molecule has 2 aliphatic rings. The van der Waals surface area contributed by atoms with Crippen LogP contribution in [0.5, 0.6) is 0 Å². The fraction of sp³-hybridized carbons (Fsp3) is 0.929. The molecule has 0 aromatic carbocycles. The smallest absolute Gasteiger partial charge is 0.220 e. The molecule has 2 fully saturated rings. The molecule has 1 aliphatic carbocycles. The first-order valence-electron chi connectivity index (χ1n) is 7.44. The fourth-order valence-corrected chi connectivity index (χ4v) is 2.65. The fourth-order valence-electron chi connectivity index (χ4n) is 2.65. The van der Waals surface area contributed by atoms with Crippen molar-refractivity contribution in [2.24, 2.45) is 5.92 Å². The van der Waals surface area contributed by atoms with Crippen LogP contribution in [-0.2, 0) is 4.79 Å². The predicted octanol–water partition coefficient (Wildman–Crippen LogP) is 1.82. The number of carbonyl (C=O) groups is 1. The number of amides is 1. The van der Waals surface area contributed by atoms with Crippen molar-refractivity contribution >= 4 is 30.7 Å². The number of nitrogens with zero attached hydrogens (tertiary/aromatic N) is 1. The topological polar surface area (TPSA) is 44.4 Å². The predicted molar refractivity (Wildman–Crippen MR) is 88.0 cm³/mol. The molecular weight excluding hydrogens is 297 g/mol. The van der Waals surface area contributed by atoms with Crippen molar-refractivity contribution in [2.45, 2.75) is 44.6 Å². The standard InChI is InChI=1S/C14H27N3O.2ClH/c1-15-8-2-3-14(18)16-13-6-9-17(10-7-13)11-12-4-5-12;;/h12-13,15H,2-11H2,1H3,(H,16,18);2*1H. The number of carbonyl (C=O) groups excluding carboxylic acids is 1. The Labute approximate surface area is 135 Å². The minimum Gasteiger partial charge on any atom is -0.353 e. The van der Waals surface area contributed by atoms with Gasteiger partial charge in [0, 0.05) is 32.1 Å². The number of piperidine rings is 1. The van der Waals surface area contributed by atoms with Crippen molar-refractivity contribution in [2.75, 3.05) is 33.2 Å². The summed E-state index contributed by atoms with van der Waals surface area (Å²) in [6, 6.07) is 0.419. The summed E-state index contributed by atoms with van der Waals surface area (Å²) in [6.07, 6.45) is 6.71. The van der Waals surface area contributed by atoms with Gasteiger partial charge in [0.25, 0.3) is 0 Å². The second-order valence-electron chi connectivity index (χ2n) is 5.79. The lowest BCUT2D eigenvalue weighted by molar-refractivity contribution is -0.122. The van der Waals surface area contributed by atoms with Gasteiger partial charge in [0.05, 0.1) is 0 Å². The normalized spacial score (nSPS) is 19.9. The molecule has 1 aliphatic heterocycles. The summed E-state index contributed by atoms with van der Waals surface area (Å²) < 4.78 is 0. The van der Waals surface area contributed by atoms with Crippen LogP contribution in [0.4, 0.5) is 0 Å². The zero-order chi connectivity index (χ0) is 12.8. The first kappa shape index (κ1) is 20.0. The molecule has 0 radical (unpaired) electrons. The largest absolute Gasteiger partial charge is 0.353 e. The molecular formula is C14H29Cl2N3O. The Bertz CT molecular complexity index is 267. The van der Waals surface area contributed by atoms with Crippen molar-refractivity contribution in [3.63, 3.8) is 0 Å². The zero-order valence-electron chi connectivity index (χ0n) is 12.4. The minimum absolute atomic E-state index is 0. The highest BCUT2D eigenvalue weighted by atomic mass is 35.5. The second kappa shape index (κ2) is 10.7. The van der Waals surface area contributed by atoms with Crippen molar-refractivity contribution in [3.8, 4) is 0 Å². The Morgan fingerprint density at radius 3 is 2.35 bits per heavy atom. The highest BCUT2D eigenvalue weighted by Gasteiger charge is 2.27. The summed E-state index contributed by atoms with van der Waals surface area (Å²) in [4.78, 5) is 14.3. The lowest BCUT2D eigenvalue weighted by Crippen LogP contribution is -2.45. The monoisotopic (exact) mass is 325 g/mol. The van der Waals surface area contributed by atoms with Crippen LogP contribution in [0.25, 0.3) is 0 Å². The Balaban J connectivity index is 0.00000180. The van der Waals surface area contributed by atoms with Crippen LogP contribution in [-0.4, -0.2) is 50.1 Å². The third-order valence-electron chi connectivity index (χ3n) is 4.00. The van der Waals surface area contributed by atoms with E-state index in [1.165, 1.54) is 19.4 Å². The first-order chi connectivity index (χ1) is 8.78. The van der Waals surface area contributed by atoms with Crippen LogP contribution in [0.1, 0.15) is 38.5 Å². The molecule has 6 heteroatoms. The maximum absolute atomic E-state index is 11.7. The molecule has 1 saturated carbocycles. The van der Waals surface area contributed by atoms with E-state index in [4.69, 9.17) is 0 Å². The molecule has 0 spiro atoms. The molecule has 4 nitrogen and oxygen atoms in total. The van der Waals surface area contributed by atoms with Crippen LogP contribution in [0.15, 0.2) is 0 Å². The van der Waals surface area contributed by atoms with Crippen LogP contribution in [0, 0.1) is 5.92 Å². The molecule has 0 atom stereocenters. The van der Waals surface area contributed by atoms with Gasteiger partial charge in [-0.2, -0.15) is 0 Å². The Kier molecular flexibility index (Phi) is 10.6. The molecule has 0 aromatic rings. The van der Waals surface area contributed by atoms with Crippen LogP contribution in [0.2, 0.25) is 0 Å². The number of halogens is 2. The summed E-state index contributed by atoms with van der Waals surface area (Å²) >= 11 is 0. The Morgan fingerprint density at radius 1 is 1.15 bits per heavy atom. The van der Waals surface area contributed by atoms with Gasteiger partial charge in [0.2, 0.25) is 5.91 Å². The van der Waals surface area contributed by atoms with E-state index in [-0.39, 0.29) is 30.7 Å². The third-order valence-corrected chi connectivity index (χ3v) is 4.00. The first-order valence-corrected chi connectivity index (χ1v) is 7.44. The summed E-state index contributed by atoms with van der Waals surface area (Å²) in [6.45, 7) is 4.55. The highest BCUT2D eigenvalue weighted by Crippen LogP contribution is 2.30. The number of hydrogen-bond donors (Lipinski definition) is 2. The van der Waals surface area contributed by atoms with E-state index in [0.29, 0.717) is 12.5 Å². The van der Waals surface area contributed by atoms with Crippen molar-refractivity contribution in [1.29, 1.82) is 0 Å². The van der Waals surface area contributed by atoms with Gasteiger partial charge in [0.1, 0.15) is 0 Å². The van der Waals surface area contributed by atoms with E-state index in [1.54, 1.807) is 0 Å². The van der Waals surface area contributed by atoms with E-state index in [1.807, 2.05) is 7.05 Å². The molecule has 2 rings (SSSR count). The van der Waals surface area contributed by atoms with Gasteiger partial charge in [0.15, 0.2) is 0 Å². The van der Waals surface area contributed by atoms with Crippen molar-refractivity contribution in [1.82, 2.24) is 15.5 Å². The molecule has 0 bridgehead atoms. The molecule has 1 saturated heterocycles. The Morgan fingerprint density at radius 2 is 1.80 bits per heavy atom. The number of rotatable bonds is 7. The van der Waals surface area contributed by atoms with Gasteiger partial charge in [-0.1, -0.05) is 0 Å². The average molecular weight is 326 g/mol. The quantitative estimate of drug-likeness (QED) is 0.702. The van der Waals surface area contributed by atoms with Crippen molar-refractivity contribution < 1.29 is 4.79 Å². The maximum Gasteiger partial charge on any atom is 0.220 e. The molecule has 0 aromatic heterocycles. The van der Waals surface area contributed by atoms with Crippen LogP contribution in [0.3, 0.4) is 0 Å². The van der Waals surface area contributed by atoms with E-state index in [0.717, 1.165) is 44.8 Å². The van der Waals surface area contributed by atoms with E-state index in [9.17, 15) is 4.79 Å². The van der Waals surface area contributed by atoms with E-state index < -0.39 is 0 Å². The Hall–Kier alpha value is -0.0300. The molecule has 20 heavy (non-hydrogen) atoms. The molecule has 0 unspecified atom stereocenters. The number of hydrogen-bond acceptors (Lipinski definition) is 3. The van der Waals surface area contributed by atoms with Crippen LogP contribution < -0.4 is 10.6 Å². The maximum atomic E-state index is 11.7. The van der Waals surface area contributed by atoms with Crippen molar-refractivity contribution in [3.05, 3.63) is 0 Å². The number of nitrogens with one attached hydrogen (secondary N) is 2. The van der Waals surface area contributed by atoms with Gasteiger partial charge in [-0.15, -0.1) is 24.8 Å². The average Bonchev–Trinajstić information content (AvgIpc) is 3.16.